The van der Waals surface area contributed by atoms with Crippen molar-refractivity contribution < 1.29 is 9.53 Å². The van der Waals surface area contributed by atoms with Crippen molar-refractivity contribution in [2.45, 2.75) is 13.5 Å². The Kier molecular flexibility index (Phi) is 7.19. The molecule has 8 nitrogen and oxygen atoms in total. The molecule has 0 fully saturated rings. The van der Waals surface area contributed by atoms with Crippen molar-refractivity contribution in [3.63, 3.8) is 0 Å². The van der Waals surface area contributed by atoms with Gasteiger partial charge in [0.05, 0.1) is 18.5 Å². The van der Waals surface area contributed by atoms with E-state index in [0.717, 1.165) is 5.56 Å². The first-order valence-corrected chi connectivity index (χ1v) is 11.0. The van der Waals surface area contributed by atoms with Crippen LogP contribution in [0, 0.1) is 0 Å². The van der Waals surface area contributed by atoms with Crippen molar-refractivity contribution in [3.8, 4) is 11.4 Å². The van der Waals surface area contributed by atoms with Gasteiger partial charge in [-0.25, -0.2) is 0 Å². The minimum absolute atomic E-state index is 0.208. The topological polar surface area (TPSA) is 98.1 Å². The molecular weight excluding hydrogens is 454 g/mol. The van der Waals surface area contributed by atoms with E-state index in [2.05, 4.69) is 20.7 Å². The molecule has 0 aliphatic carbocycles. The molecule has 4 rings (SSSR count). The number of hydrogen-bond donors (Lipinski definition) is 2. The van der Waals surface area contributed by atoms with Gasteiger partial charge in [0.15, 0.2) is 11.4 Å². The summed E-state index contributed by atoms with van der Waals surface area (Å²) in [6, 6.07) is 17.3. The number of nitrogens with one attached hydrogen (secondary N) is 2. The summed E-state index contributed by atoms with van der Waals surface area (Å²) in [4.78, 5) is 30.0. The third kappa shape index (κ3) is 5.41. The molecule has 0 saturated carbocycles. The molecule has 0 unspecified atom stereocenters. The Morgan fingerprint density at radius 1 is 1.09 bits per heavy atom. The number of amides is 1. The van der Waals surface area contributed by atoms with Crippen LogP contribution in [0.25, 0.3) is 5.69 Å². The molecule has 9 heteroatoms. The molecule has 0 saturated heterocycles. The van der Waals surface area contributed by atoms with Crippen LogP contribution in [-0.4, -0.2) is 27.3 Å². The van der Waals surface area contributed by atoms with Crippen LogP contribution in [0.2, 0.25) is 5.02 Å². The lowest BCUT2D eigenvalue weighted by Crippen LogP contribution is -2.25. The summed E-state index contributed by atoms with van der Waals surface area (Å²) < 4.78 is 6.88. The maximum atomic E-state index is 13.3. The van der Waals surface area contributed by atoms with E-state index in [0.29, 0.717) is 40.9 Å². The van der Waals surface area contributed by atoms with Gasteiger partial charge in [-0.15, -0.1) is 0 Å². The molecule has 34 heavy (non-hydrogen) atoms. The summed E-state index contributed by atoms with van der Waals surface area (Å²) >= 11 is 5.97. The van der Waals surface area contributed by atoms with Crippen LogP contribution in [0.4, 0.5) is 11.4 Å². The van der Waals surface area contributed by atoms with Crippen molar-refractivity contribution >= 4 is 28.9 Å². The van der Waals surface area contributed by atoms with Gasteiger partial charge in [-0.05, 0) is 61.0 Å². The average Bonchev–Trinajstić information content (AvgIpc) is 2.86. The van der Waals surface area contributed by atoms with E-state index in [1.54, 1.807) is 60.9 Å². The summed E-state index contributed by atoms with van der Waals surface area (Å²) in [6.07, 6.45) is 4.85. The van der Waals surface area contributed by atoms with E-state index in [9.17, 15) is 9.59 Å². The van der Waals surface area contributed by atoms with E-state index < -0.39 is 5.56 Å². The van der Waals surface area contributed by atoms with Gasteiger partial charge in [-0.1, -0.05) is 23.7 Å². The molecule has 0 bridgehead atoms. The zero-order valence-electron chi connectivity index (χ0n) is 18.4. The largest absolute Gasteiger partial charge is 0.490 e. The van der Waals surface area contributed by atoms with Crippen molar-refractivity contribution in [2.75, 3.05) is 11.9 Å². The van der Waals surface area contributed by atoms with Gasteiger partial charge in [-0.3, -0.25) is 14.6 Å². The average molecular weight is 476 g/mol. The Hall–Kier alpha value is -4.17. The highest BCUT2D eigenvalue weighted by atomic mass is 35.5. The van der Waals surface area contributed by atoms with Gasteiger partial charge in [0.2, 0.25) is 0 Å². The molecule has 0 aliphatic rings. The van der Waals surface area contributed by atoms with Crippen LogP contribution in [0.1, 0.15) is 22.8 Å². The Morgan fingerprint density at radius 2 is 1.91 bits per heavy atom. The number of rotatable bonds is 8. The lowest BCUT2D eigenvalue weighted by atomic mass is 10.1. The molecule has 0 radical (unpaired) electrons. The molecule has 0 atom stereocenters. The number of aromatic nitrogens is 3. The molecule has 0 aliphatic heterocycles. The first-order valence-electron chi connectivity index (χ1n) is 10.6. The van der Waals surface area contributed by atoms with Gasteiger partial charge in [0, 0.05) is 35.2 Å². The van der Waals surface area contributed by atoms with Crippen molar-refractivity contribution in [2.24, 2.45) is 0 Å². The van der Waals surface area contributed by atoms with Gasteiger partial charge in [0.1, 0.15) is 0 Å². The normalized spacial score (nSPS) is 10.5. The highest BCUT2D eigenvalue weighted by molar-refractivity contribution is 6.30. The Bertz CT molecular complexity index is 1340. The monoisotopic (exact) mass is 475 g/mol. The third-order valence-corrected chi connectivity index (χ3v) is 5.14. The Morgan fingerprint density at radius 3 is 2.65 bits per heavy atom. The molecule has 2 heterocycles. The van der Waals surface area contributed by atoms with E-state index in [1.165, 1.54) is 10.9 Å². The fraction of sp³-hybridized carbons (Fsp3) is 0.120. The predicted molar refractivity (Wildman–Crippen MR) is 131 cm³/mol. The van der Waals surface area contributed by atoms with Gasteiger partial charge < -0.3 is 15.4 Å². The Labute approximate surface area is 201 Å². The zero-order chi connectivity index (χ0) is 23.9. The van der Waals surface area contributed by atoms with E-state index in [-0.39, 0.29) is 11.6 Å². The maximum Gasteiger partial charge on any atom is 0.299 e. The number of halogens is 1. The number of nitrogens with zero attached hydrogens (tertiary/aromatic N) is 3. The number of carbonyl (C=O) groups is 1. The number of anilines is 2. The minimum atomic E-state index is -0.403. The number of carbonyl (C=O) groups excluding carboxylic acids is 1. The van der Waals surface area contributed by atoms with Crippen molar-refractivity contribution in [3.05, 3.63) is 106 Å². The number of pyridine rings is 1. The van der Waals surface area contributed by atoms with Crippen LogP contribution in [-0.2, 0) is 6.54 Å². The molecule has 1 amide bonds. The second-order valence-electron chi connectivity index (χ2n) is 7.26. The first-order chi connectivity index (χ1) is 16.5. The van der Waals surface area contributed by atoms with Gasteiger partial charge >= 0.3 is 0 Å². The number of hydrogen-bond acceptors (Lipinski definition) is 6. The van der Waals surface area contributed by atoms with Crippen LogP contribution < -0.4 is 20.9 Å². The highest BCUT2D eigenvalue weighted by Crippen LogP contribution is 2.25. The SMILES string of the molecule is CCOc1cnn(-c2ccc(Cl)cc2)c(=O)c1Nc1cccc(C(=O)NCc2cccnc2)c1. The second kappa shape index (κ2) is 10.6. The molecule has 172 valence electrons. The fourth-order valence-electron chi connectivity index (χ4n) is 3.25. The zero-order valence-corrected chi connectivity index (χ0v) is 19.1. The second-order valence-corrected chi connectivity index (χ2v) is 7.70. The molecule has 2 aromatic carbocycles. The van der Waals surface area contributed by atoms with Crippen LogP contribution in [0.3, 0.4) is 0 Å². The van der Waals surface area contributed by atoms with Crippen LogP contribution >= 0.6 is 11.6 Å². The van der Waals surface area contributed by atoms with Crippen molar-refractivity contribution in [1.82, 2.24) is 20.1 Å². The molecule has 2 aromatic heterocycles. The molecular formula is C25H22ClN5O3. The van der Waals surface area contributed by atoms with Gasteiger partial charge in [0.25, 0.3) is 11.5 Å². The lowest BCUT2D eigenvalue weighted by Gasteiger charge is -2.14. The molecule has 2 N–H and O–H groups in total. The Balaban J connectivity index is 1.60. The quantitative estimate of drug-likeness (QED) is 0.393. The minimum Gasteiger partial charge on any atom is -0.490 e. The smallest absolute Gasteiger partial charge is 0.299 e. The third-order valence-electron chi connectivity index (χ3n) is 4.88. The highest BCUT2D eigenvalue weighted by Gasteiger charge is 2.15. The van der Waals surface area contributed by atoms with Crippen LogP contribution in [0.5, 0.6) is 5.75 Å². The lowest BCUT2D eigenvalue weighted by molar-refractivity contribution is 0.0951. The maximum absolute atomic E-state index is 13.3. The summed E-state index contributed by atoms with van der Waals surface area (Å²) in [5.74, 6) is 0.0648. The predicted octanol–water partition coefficient (Wildman–Crippen LogP) is 4.35. The number of ether oxygens (including phenoxy) is 1. The van der Waals surface area contributed by atoms with E-state index >= 15 is 0 Å². The molecule has 4 aromatic rings. The molecule has 0 spiro atoms. The summed E-state index contributed by atoms with van der Waals surface area (Å²) in [7, 11) is 0. The standard InChI is InChI=1S/C25H22ClN5O3/c1-2-34-22-16-29-31(21-10-8-19(26)9-11-21)25(33)23(22)30-20-7-3-6-18(13-20)24(32)28-15-17-5-4-12-27-14-17/h3-14,16,30H,2,15H2,1H3,(H,28,32). The summed E-state index contributed by atoms with van der Waals surface area (Å²) in [6.45, 7) is 2.54. The van der Waals surface area contributed by atoms with E-state index in [4.69, 9.17) is 16.3 Å². The fourth-order valence-corrected chi connectivity index (χ4v) is 3.38. The van der Waals surface area contributed by atoms with Gasteiger partial charge in [-0.2, -0.15) is 9.78 Å². The summed E-state index contributed by atoms with van der Waals surface area (Å²) in [5.41, 5.74) is 2.26. The number of benzene rings is 2. The van der Waals surface area contributed by atoms with E-state index in [1.807, 2.05) is 19.1 Å². The summed E-state index contributed by atoms with van der Waals surface area (Å²) in [5, 5.41) is 10.7. The van der Waals surface area contributed by atoms with Crippen LogP contribution in [0.15, 0.2) is 84.0 Å². The first kappa shape index (κ1) is 23.0. The van der Waals surface area contributed by atoms with Crippen molar-refractivity contribution in [1.29, 1.82) is 0 Å².